The fraction of sp³-hybridized carbons (Fsp3) is 0.400. The molecular formula is C55H62ClFN8O6S2. The van der Waals surface area contributed by atoms with Gasteiger partial charge in [0.05, 0.1) is 30.8 Å². The van der Waals surface area contributed by atoms with E-state index < -0.39 is 59.3 Å². The first-order valence-corrected chi connectivity index (χ1v) is 26.5. The molecule has 6 aromatic rings. The van der Waals surface area contributed by atoms with Crippen molar-refractivity contribution < 1.29 is 33.4 Å². The van der Waals surface area contributed by atoms with Crippen LogP contribution in [0.15, 0.2) is 83.2 Å². The average Bonchev–Trinajstić information content (AvgIpc) is 4.11. The van der Waals surface area contributed by atoms with E-state index in [1.165, 1.54) is 27.5 Å². The minimum atomic E-state index is -1.03. The zero-order valence-electron chi connectivity index (χ0n) is 42.5. The van der Waals surface area contributed by atoms with Crippen LogP contribution in [0.2, 0.25) is 5.02 Å². The maximum atomic E-state index is 15.1. The normalized spacial score (nSPS) is 17.7. The minimum absolute atomic E-state index is 0.0236. The van der Waals surface area contributed by atoms with E-state index in [1.807, 2.05) is 87.7 Å². The molecular weight excluding hydrogens is 987 g/mol. The van der Waals surface area contributed by atoms with Gasteiger partial charge in [0, 0.05) is 51.4 Å². The molecule has 0 saturated carbocycles. The number of halogens is 2. The van der Waals surface area contributed by atoms with Crippen LogP contribution < -0.4 is 20.7 Å². The van der Waals surface area contributed by atoms with Crippen LogP contribution in [0, 0.1) is 38.9 Å². The lowest BCUT2D eigenvalue weighted by Crippen LogP contribution is -2.57. The molecule has 3 aromatic heterocycles. The molecule has 18 heteroatoms. The predicted molar refractivity (Wildman–Crippen MR) is 284 cm³/mol. The highest BCUT2D eigenvalue weighted by Gasteiger charge is 2.45. The lowest BCUT2D eigenvalue weighted by atomic mass is 9.85. The van der Waals surface area contributed by atoms with Crippen molar-refractivity contribution in [2.75, 3.05) is 13.1 Å². The van der Waals surface area contributed by atoms with Gasteiger partial charge >= 0.3 is 0 Å². The van der Waals surface area contributed by atoms with Gasteiger partial charge < -0.3 is 30.7 Å². The van der Waals surface area contributed by atoms with Crippen LogP contribution in [-0.2, 0) is 25.6 Å². The number of benzene rings is 3. The number of hydrogen-bond acceptors (Lipinski definition) is 11. The number of aliphatic hydroxyl groups excluding tert-OH is 1. The summed E-state index contributed by atoms with van der Waals surface area (Å²) in [7, 11) is 0. The largest absolute Gasteiger partial charge is 0.489 e. The van der Waals surface area contributed by atoms with Gasteiger partial charge in [-0.1, -0.05) is 68.8 Å². The molecule has 4 amide bonds. The molecule has 14 nitrogen and oxygen atoms in total. The zero-order valence-corrected chi connectivity index (χ0v) is 44.9. The van der Waals surface area contributed by atoms with Crippen LogP contribution in [0.3, 0.4) is 0 Å². The summed E-state index contributed by atoms with van der Waals surface area (Å²) in [4.78, 5) is 64.2. The molecule has 0 aliphatic carbocycles. The van der Waals surface area contributed by atoms with Gasteiger partial charge in [0.2, 0.25) is 23.6 Å². The number of β-amino-alcohol motifs (C(OH)–C–C–N with tert-alkyl or cyclic N) is 1. The van der Waals surface area contributed by atoms with Gasteiger partial charge in [-0.25, -0.2) is 4.39 Å². The predicted octanol–water partition coefficient (Wildman–Crippen LogP) is 9.25. The topological polar surface area (TPSA) is 180 Å². The van der Waals surface area contributed by atoms with Gasteiger partial charge in [-0.05, 0) is 117 Å². The van der Waals surface area contributed by atoms with E-state index in [0.29, 0.717) is 22.2 Å². The number of aliphatic hydroxyl groups is 1. The summed E-state index contributed by atoms with van der Waals surface area (Å²) in [5.41, 5.74) is 6.55. The SMILES string of the molecule is Cc1ccsc1-c1ccc([C@H](C)NC(=O)[C@@H]2C[C@@H](O)CN2C(=O)[C@@H](NC(=O)CCc2cc(F)cc(OC(C)CNC(=O)CC3N=C(c4ccc(Cl)cc4)c4c(sc(C)c4C)-n4c(C)nnc43)c2)C(C)(C)C)cc1. The van der Waals surface area contributed by atoms with Crippen molar-refractivity contribution in [2.45, 2.75) is 124 Å². The van der Waals surface area contributed by atoms with Crippen molar-refractivity contribution in [2.24, 2.45) is 10.4 Å². The van der Waals surface area contributed by atoms with Crippen molar-refractivity contribution >= 4 is 63.6 Å². The molecule has 5 heterocycles. The number of thiophene rings is 2. The fourth-order valence-electron chi connectivity index (χ4n) is 9.34. The van der Waals surface area contributed by atoms with Crippen LogP contribution in [0.1, 0.15) is 116 Å². The summed E-state index contributed by atoms with van der Waals surface area (Å²) in [6.07, 6.45) is -1.40. The van der Waals surface area contributed by atoms with Crippen molar-refractivity contribution in [3.05, 3.63) is 139 Å². The second-order valence-corrected chi connectivity index (χ2v) is 22.7. The molecule has 0 radical (unpaired) electrons. The van der Waals surface area contributed by atoms with E-state index >= 15 is 4.39 Å². The highest BCUT2D eigenvalue weighted by atomic mass is 35.5. The summed E-state index contributed by atoms with van der Waals surface area (Å²) in [5.74, 6) is -0.721. The number of aliphatic imine (C=N–C) groups is 1. The standard InChI is InChI=1S/C55H62ClFN8O6S2/c1-29-20-21-72-49(29)38-13-11-36(12-14-38)32(4)59-52(69)44-25-41(66)28-64(44)53(70)50(55(7,8)9)61-45(67)19-10-35-22-40(57)24-42(23-35)71-30(2)27-58-46(68)26-43-51-63-62-34(6)65(51)54-47(31(3)33(5)73-54)48(60-43)37-15-17-39(56)18-16-37/h11-18,20-24,30,32,41,43-44,50,66H,10,19,25-28H2,1-9H3,(H,58,68)(H,59,69)(H,61,67)/t30?,32-,41+,43?,44-,50+/m0/s1. The second-order valence-electron chi connectivity index (χ2n) is 20.2. The Morgan fingerprint density at radius 3 is 2.33 bits per heavy atom. The Morgan fingerprint density at radius 2 is 1.64 bits per heavy atom. The van der Waals surface area contributed by atoms with Crippen molar-refractivity contribution in [1.29, 1.82) is 0 Å². The molecule has 2 aliphatic heterocycles. The third-order valence-corrected chi connectivity index (χ3v) is 15.9. The Morgan fingerprint density at radius 1 is 0.932 bits per heavy atom. The highest BCUT2D eigenvalue weighted by molar-refractivity contribution is 7.15. The maximum absolute atomic E-state index is 15.1. The highest BCUT2D eigenvalue weighted by Crippen LogP contribution is 2.40. The molecule has 1 fully saturated rings. The van der Waals surface area contributed by atoms with E-state index in [9.17, 15) is 24.3 Å². The smallest absolute Gasteiger partial charge is 0.246 e. The number of rotatable bonds is 16. The van der Waals surface area contributed by atoms with Crippen molar-refractivity contribution in [3.63, 3.8) is 0 Å². The molecule has 6 atom stereocenters. The fourth-order valence-corrected chi connectivity index (χ4v) is 11.6. The van der Waals surface area contributed by atoms with Crippen molar-refractivity contribution in [3.8, 4) is 21.2 Å². The first-order valence-electron chi connectivity index (χ1n) is 24.5. The lowest BCUT2D eigenvalue weighted by molar-refractivity contribution is -0.144. The molecule has 8 rings (SSSR count). The number of aromatic nitrogens is 3. The van der Waals surface area contributed by atoms with Crippen molar-refractivity contribution in [1.82, 2.24) is 35.6 Å². The molecule has 384 valence electrons. The number of nitrogens with one attached hydrogen (secondary N) is 3. The number of likely N-dealkylation sites (tertiary alicyclic amines) is 1. The Balaban J connectivity index is 0.862. The van der Waals surface area contributed by atoms with E-state index in [-0.39, 0.29) is 56.5 Å². The summed E-state index contributed by atoms with van der Waals surface area (Å²) in [5, 5.41) is 32.1. The quantitative estimate of drug-likeness (QED) is 0.0741. The van der Waals surface area contributed by atoms with Crippen LogP contribution >= 0.6 is 34.3 Å². The van der Waals surface area contributed by atoms with Crippen LogP contribution in [0.4, 0.5) is 4.39 Å². The molecule has 0 bridgehead atoms. The zero-order chi connectivity index (χ0) is 52.5. The Kier molecular flexibility index (Phi) is 16.0. The molecule has 4 N–H and O–H groups in total. The average molecular weight is 1050 g/mol. The lowest BCUT2D eigenvalue weighted by Gasteiger charge is -2.35. The molecule has 2 aliphatic rings. The number of carbonyl (C=O) groups is 4. The number of hydrogen-bond donors (Lipinski definition) is 4. The van der Waals surface area contributed by atoms with Gasteiger partial charge in [0.25, 0.3) is 0 Å². The van der Waals surface area contributed by atoms with E-state index in [0.717, 1.165) is 43.4 Å². The van der Waals surface area contributed by atoms with Gasteiger partial charge in [0.15, 0.2) is 5.82 Å². The molecule has 0 spiro atoms. The van der Waals surface area contributed by atoms with Gasteiger partial charge in [-0.2, -0.15) is 0 Å². The number of nitrogens with zero attached hydrogens (tertiary/aromatic N) is 5. The molecule has 2 unspecified atom stereocenters. The molecule has 1 saturated heterocycles. The molecule has 73 heavy (non-hydrogen) atoms. The first-order chi connectivity index (χ1) is 34.6. The number of carbonyl (C=O) groups excluding carboxylic acids is 4. The number of amides is 4. The Labute approximate surface area is 438 Å². The van der Waals surface area contributed by atoms with Crippen LogP contribution in [0.25, 0.3) is 15.4 Å². The van der Waals surface area contributed by atoms with Crippen LogP contribution in [0.5, 0.6) is 5.75 Å². The Hall–Kier alpha value is -6.27. The number of aryl methyl sites for hydroxylation is 4. The monoisotopic (exact) mass is 1050 g/mol. The summed E-state index contributed by atoms with van der Waals surface area (Å²) < 4.78 is 23.2. The summed E-state index contributed by atoms with van der Waals surface area (Å²) >= 11 is 9.56. The van der Waals surface area contributed by atoms with E-state index in [2.05, 4.69) is 58.4 Å². The summed E-state index contributed by atoms with van der Waals surface area (Å²) in [6, 6.07) is 18.8. The third kappa shape index (κ3) is 12.1. The first kappa shape index (κ1) is 53.0. The van der Waals surface area contributed by atoms with Gasteiger partial charge in [0.1, 0.15) is 46.6 Å². The van der Waals surface area contributed by atoms with Gasteiger partial charge in [-0.3, -0.25) is 28.7 Å². The Bertz CT molecular complexity index is 3050. The van der Waals surface area contributed by atoms with E-state index in [4.69, 9.17) is 21.3 Å². The maximum Gasteiger partial charge on any atom is 0.246 e. The van der Waals surface area contributed by atoms with Gasteiger partial charge in [-0.15, -0.1) is 32.9 Å². The second kappa shape index (κ2) is 22.1. The molecule has 3 aromatic carbocycles. The third-order valence-electron chi connectivity index (χ3n) is 13.4. The minimum Gasteiger partial charge on any atom is -0.489 e. The van der Waals surface area contributed by atoms with E-state index in [1.54, 1.807) is 35.7 Å². The number of fused-ring (bicyclic) bond motifs is 3. The number of ether oxygens (including phenoxy) is 1. The summed E-state index contributed by atoms with van der Waals surface area (Å²) in [6.45, 7) is 17.2. The van der Waals surface area contributed by atoms with Crippen LogP contribution in [-0.4, -0.2) is 91.5 Å².